The Bertz CT molecular complexity index is 955. The summed E-state index contributed by atoms with van der Waals surface area (Å²) in [5, 5.41) is 3.37. The van der Waals surface area contributed by atoms with E-state index in [4.69, 9.17) is 17.0 Å². The van der Waals surface area contributed by atoms with Gasteiger partial charge in [-0.15, -0.1) is 0 Å². The maximum Gasteiger partial charge on any atom is 0.217 e. The van der Waals surface area contributed by atoms with Crippen LogP contribution in [0.15, 0.2) is 48.5 Å². The van der Waals surface area contributed by atoms with Gasteiger partial charge in [-0.05, 0) is 49.7 Å². The summed E-state index contributed by atoms with van der Waals surface area (Å²) in [5.74, 6) is 1.70. The first-order valence-corrected chi connectivity index (χ1v) is 9.64. The molecule has 5 nitrogen and oxygen atoms in total. The highest BCUT2D eigenvalue weighted by molar-refractivity contribution is 7.71. The minimum Gasteiger partial charge on any atom is -0.497 e. The first-order valence-electron chi connectivity index (χ1n) is 9.23. The van der Waals surface area contributed by atoms with Crippen molar-refractivity contribution in [2.24, 2.45) is 0 Å². The van der Waals surface area contributed by atoms with Crippen molar-refractivity contribution in [1.29, 1.82) is 0 Å². The number of aromatic nitrogens is 3. The molecule has 140 valence electrons. The largest absolute Gasteiger partial charge is 0.497 e. The summed E-state index contributed by atoms with van der Waals surface area (Å²) in [7, 11) is 1.69. The fourth-order valence-corrected chi connectivity index (χ4v) is 3.37. The molecule has 1 aliphatic carbocycles. The van der Waals surface area contributed by atoms with Crippen LogP contribution in [-0.4, -0.2) is 32.8 Å². The van der Waals surface area contributed by atoms with E-state index in [2.05, 4.69) is 58.3 Å². The molecule has 2 aromatic carbocycles. The third kappa shape index (κ3) is 4.28. The van der Waals surface area contributed by atoms with Gasteiger partial charge in [0.25, 0.3) is 0 Å². The van der Waals surface area contributed by atoms with Gasteiger partial charge in [0, 0.05) is 18.2 Å². The lowest BCUT2D eigenvalue weighted by Crippen LogP contribution is -2.28. The van der Waals surface area contributed by atoms with Crippen LogP contribution in [-0.2, 0) is 13.2 Å². The number of H-pyrrole nitrogens is 1. The molecule has 1 saturated carbocycles. The van der Waals surface area contributed by atoms with Crippen molar-refractivity contribution in [2.75, 3.05) is 7.11 Å². The van der Waals surface area contributed by atoms with Gasteiger partial charge in [0.2, 0.25) is 4.77 Å². The van der Waals surface area contributed by atoms with Crippen LogP contribution in [0.25, 0.3) is 11.4 Å². The zero-order valence-corrected chi connectivity index (χ0v) is 16.5. The Morgan fingerprint density at radius 3 is 2.48 bits per heavy atom. The number of aromatic amines is 1. The molecule has 1 N–H and O–H groups in total. The molecule has 4 rings (SSSR count). The Morgan fingerprint density at radius 2 is 1.85 bits per heavy atom. The lowest BCUT2D eigenvalue weighted by molar-refractivity contribution is 0.187. The van der Waals surface area contributed by atoms with Gasteiger partial charge in [0.05, 0.1) is 13.8 Å². The molecule has 1 aliphatic rings. The summed E-state index contributed by atoms with van der Waals surface area (Å²) in [6, 6.07) is 17.2. The number of hydrogen-bond acceptors (Lipinski definition) is 4. The summed E-state index contributed by atoms with van der Waals surface area (Å²) in [5.41, 5.74) is 3.56. The van der Waals surface area contributed by atoms with Crippen LogP contribution in [0.2, 0.25) is 0 Å². The number of hydrogen-bond donors (Lipinski definition) is 1. The van der Waals surface area contributed by atoms with Gasteiger partial charge in [0.15, 0.2) is 5.82 Å². The van der Waals surface area contributed by atoms with E-state index in [0.717, 1.165) is 23.7 Å². The van der Waals surface area contributed by atoms with Crippen molar-refractivity contribution in [3.63, 3.8) is 0 Å². The average Bonchev–Trinajstić information content (AvgIpc) is 3.47. The molecule has 0 aliphatic heterocycles. The average molecular weight is 381 g/mol. The molecule has 1 aromatic heterocycles. The Kier molecular flexibility index (Phi) is 5.09. The summed E-state index contributed by atoms with van der Waals surface area (Å²) in [6.45, 7) is 3.68. The van der Waals surface area contributed by atoms with Gasteiger partial charge in [-0.2, -0.15) is 4.98 Å². The van der Waals surface area contributed by atoms with Gasteiger partial charge in [0.1, 0.15) is 5.75 Å². The quantitative estimate of drug-likeness (QED) is 0.611. The molecule has 1 fully saturated rings. The van der Waals surface area contributed by atoms with Crippen molar-refractivity contribution >= 4 is 12.2 Å². The van der Waals surface area contributed by atoms with E-state index in [-0.39, 0.29) is 0 Å². The molecule has 27 heavy (non-hydrogen) atoms. The zero-order valence-electron chi connectivity index (χ0n) is 15.7. The monoisotopic (exact) mass is 380 g/mol. The van der Waals surface area contributed by atoms with Crippen molar-refractivity contribution in [3.05, 3.63) is 64.4 Å². The van der Waals surface area contributed by atoms with Crippen LogP contribution in [0.1, 0.15) is 24.0 Å². The minimum atomic E-state index is 0.589. The molecule has 0 saturated heterocycles. The molecule has 0 bridgehead atoms. The number of aryl methyl sites for hydroxylation is 1. The minimum absolute atomic E-state index is 0.589. The number of nitrogens with one attached hydrogen (secondary N) is 1. The summed E-state index contributed by atoms with van der Waals surface area (Å²) >= 11 is 5.50. The lowest BCUT2D eigenvalue weighted by atomic mass is 10.1. The topological polar surface area (TPSA) is 46.1 Å². The second-order valence-corrected chi connectivity index (χ2v) is 7.48. The van der Waals surface area contributed by atoms with Crippen molar-refractivity contribution in [2.45, 2.75) is 39.0 Å². The van der Waals surface area contributed by atoms with Crippen LogP contribution in [0, 0.1) is 11.7 Å². The number of ether oxygens (including phenoxy) is 1. The highest BCUT2D eigenvalue weighted by atomic mass is 32.1. The second-order valence-electron chi connectivity index (χ2n) is 7.12. The van der Waals surface area contributed by atoms with E-state index in [1.807, 2.05) is 16.8 Å². The zero-order chi connectivity index (χ0) is 18.8. The number of nitrogens with zero attached hydrogens (tertiary/aromatic N) is 3. The van der Waals surface area contributed by atoms with Gasteiger partial charge in [-0.25, -0.2) is 4.68 Å². The standard InChI is InChI=1S/C21H24N4OS/c1-15-3-7-17(8-4-15)20-22-21(27)25(23-20)14-24(18-9-10-18)13-16-5-11-19(26-2)12-6-16/h3-8,11-12,18H,9-10,13-14H2,1-2H3,(H,22,23,27). The van der Waals surface area contributed by atoms with E-state index in [1.54, 1.807) is 7.11 Å². The van der Waals surface area contributed by atoms with E-state index in [0.29, 0.717) is 17.5 Å². The molecule has 1 heterocycles. The molecule has 0 spiro atoms. The van der Waals surface area contributed by atoms with Crippen LogP contribution in [0.5, 0.6) is 5.75 Å². The Hall–Kier alpha value is -2.44. The van der Waals surface area contributed by atoms with Crippen molar-refractivity contribution in [3.8, 4) is 17.1 Å². The third-order valence-corrected chi connectivity index (χ3v) is 5.25. The van der Waals surface area contributed by atoms with Crippen LogP contribution >= 0.6 is 12.2 Å². The molecule has 0 radical (unpaired) electrons. The highest BCUT2D eigenvalue weighted by Crippen LogP contribution is 2.29. The van der Waals surface area contributed by atoms with Gasteiger partial charge < -0.3 is 4.74 Å². The molecule has 0 amide bonds. The molecular weight excluding hydrogens is 356 g/mol. The number of rotatable bonds is 7. The molecule has 0 atom stereocenters. The van der Waals surface area contributed by atoms with E-state index >= 15 is 0 Å². The maximum absolute atomic E-state index is 5.50. The summed E-state index contributed by atoms with van der Waals surface area (Å²) < 4.78 is 7.81. The van der Waals surface area contributed by atoms with Crippen LogP contribution in [0.4, 0.5) is 0 Å². The Morgan fingerprint density at radius 1 is 1.15 bits per heavy atom. The van der Waals surface area contributed by atoms with E-state index in [9.17, 15) is 0 Å². The second kappa shape index (κ2) is 7.66. The Balaban J connectivity index is 1.51. The lowest BCUT2D eigenvalue weighted by Gasteiger charge is -2.22. The molecule has 0 unspecified atom stereocenters. The fraction of sp³-hybridized carbons (Fsp3) is 0.333. The van der Waals surface area contributed by atoms with Crippen molar-refractivity contribution < 1.29 is 4.74 Å². The summed E-state index contributed by atoms with van der Waals surface area (Å²) in [6.07, 6.45) is 2.48. The number of benzene rings is 2. The van der Waals surface area contributed by atoms with E-state index < -0.39 is 0 Å². The maximum atomic E-state index is 5.50. The van der Waals surface area contributed by atoms with Crippen LogP contribution < -0.4 is 4.74 Å². The predicted octanol–water partition coefficient (Wildman–Crippen LogP) is 4.55. The van der Waals surface area contributed by atoms with Gasteiger partial charge in [-0.1, -0.05) is 42.0 Å². The van der Waals surface area contributed by atoms with Gasteiger partial charge in [-0.3, -0.25) is 10.00 Å². The predicted molar refractivity (Wildman–Crippen MR) is 109 cm³/mol. The highest BCUT2D eigenvalue weighted by Gasteiger charge is 2.29. The normalized spacial score (nSPS) is 13.9. The van der Waals surface area contributed by atoms with Gasteiger partial charge >= 0.3 is 0 Å². The third-order valence-electron chi connectivity index (χ3n) is 4.94. The SMILES string of the molecule is COc1ccc(CN(Cn2[nH]c(-c3ccc(C)cc3)nc2=S)C2CC2)cc1. The first kappa shape index (κ1) is 17.9. The smallest absolute Gasteiger partial charge is 0.217 e. The fourth-order valence-electron chi connectivity index (χ4n) is 3.17. The van der Waals surface area contributed by atoms with Crippen LogP contribution in [0.3, 0.4) is 0 Å². The first-order chi connectivity index (χ1) is 13.1. The molecule has 6 heteroatoms. The molecule has 3 aromatic rings. The Labute approximate surface area is 164 Å². The van der Waals surface area contributed by atoms with Crippen molar-refractivity contribution in [1.82, 2.24) is 19.7 Å². The van der Waals surface area contributed by atoms with E-state index in [1.165, 1.54) is 24.0 Å². The summed E-state index contributed by atoms with van der Waals surface area (Å²) in [4.78, 5) is 7.01. The number of methoxy groups -OCH3 is 1. The molecular formula is C21H24N4OS.